The Kier molecular flexibility index (Phi) is 4.88. The lowest BCUT2D eigenvalue weighted by Gasteiger charge is -2.40. The lowest BCUT2D eigenvalue weighted by atomic mass is 9.76. The molecule has 1 aromatic carbocycles. The summed E-state index contributed by atoms with van der Waals surface area (Å²) < 4.78 is 0. The number of benzene rings is 1. The van der Waals surface area contributed by atoms with Crippen molar-refractivity contribution in [1.29, 1.82) is 0 Å². The van der Waals surface area contributed by atoms with Gasteiger partial charge in [0.25, 0.3) is 0 Å². The number of aromatic nitrogens is 2. The summed E-state index contributed by atoms with van der Waals surface area (Å²) in [4.78, 5) is 11.4. The van der Waals surface area contributed by atoms with E-state index >= 15 is 0 Å². The highest BCUT2D eigenvalue weighted by Crippen LogP contribution is 2.45. The number of fused-ring (bicyclic) bond motifs is 1. The molecule has 0 radical (unpaired) electrons. The third kappa shape index (κ3) is 3.70. The standard InChI is InChI=1S/C23H27N3O/c1-17(2)7-8-20-15-24-22(21(16-27)25-20)26-11-9-23(10-12-26)13-18-5-3-4-6-19(18)14-23/h3-6,15,17,27H,9-14,16H2,1-2H3. The fourth-order valence-corrected chi connectivity index (χ4v) is 4.39. The summed E-state index contributed by atoms with van der Waals surface area (Å²) in [6, 6.07) is 8.87. The molecule has 2 aromatic rings. The van der Waals surface area contributed by atoms with Gasteiger partial charge in [-0.1, -0.05) is 44.0 Å². The molecule has 1 aliphatic carbocycles. The van der Waals surface area contributed by atoms with Gasteiger partial charge < -0.3 is 10.0 Å². The van der Waals surface area contributed by atoms with Crippen LogP contribution in [0.3, 0.4) is 0 Å². The van der Waals surface area contributed by atoms with Gasteiger partial charge in [0.05, 0.1) is 12.8 Å². The van der Waals surface area contributed by atoms with Gasteiger partial charge in [0, 0.05) is 19.0 Å². The van der Waals surface area contributed by atoms with Gasteiger partial charge in [0.15, 0.2) is 5.82 Å². The minimum atomic E-state index is -0.105. The van der Waals surface area contributed by atoms with Crippen molar-refractivity contribution in [2.24, 2.45) is 11.3 Å². The van der Waals surface area contributed by atoms with Gasteiger partial charge in [-0.05, 0) is 48.1 Å². The maximum atomic E-state index is 9.80. The SMILES string of the molecule is CC(C)C#Cc1cnc(N2CCC3(CC2)Cc2ccccc2C3)c(CO)n1. The Morgan fingerprint density at radius 3 is 2.41 bits per heavy atom. The molecule has 1 fully saturated rings. The zero-order valence-electron chi connectivity index (χ0n) is 16.2. The summed E-state index contributed by atoms with van der Waals surface area (Å²) in [7, 11) is 0. The summed E-state index contributed by atoms with van der Waals surface area (Å²) in [6.07, 6.45) is 6.44. The summed E-state index contributed by atoms with van der Waals surface area (Å²) in [5.41, 5.74) is 4.72. The predicted octanol–water partition coefficient (Wildman–Crippen LogP) is 3.36. The first kappa shape index (κ1) is 18.0. The van der Waals surface area contributed by atoms with Crippen LogP contribution in [0.25, 0.3) is 0 Å². The first-order chi connectivity index (χ1) is 13.1. The molecule has 0 amide bonds. The molecule has 4 heteroatoms. The van der Waals surface area contributed by atoms with Crippen LogP contribution in [0.5, 0.6) is 0 Å². The van der Waals surface area contributed by atoms with E-state index in [1.165, 1.54) is 24.0 Å². The highest BCUT2D eigenvalue weighted by Gasteiger charge is 2.40. The number of anilines is 1. The number of aliphatic hydroxyl groups is 1. The van der Waals surface area contributed by atoms with Crippen molar-refractivity contribution in [3.05, 3.63) is 53.0 Å². The van der Waals surface area contributed by atoms with Crippen LogP contribution in [0, 0.1) is 23.2 Å². The molecule has 1 saturated heterocycles. The largest absolute Gasteiger partial charge is 0.390 e. The van der Waals surface area contributed by atoms with E-state index < -0.39 is 0 Å². The maximum Gasteiger partial charge on any atom is 0.152 e. The average molecular weight is 361 g/mol. The number of rotatable bonds is 2. The van der Waals surface area contributed by atoms with E-state index in [1.807, 2.05) is 13.8 Å². The van der Waals surface area contributed by atoms with E-state index in [2.05, 4.69) is 51.0 Å². The molecular weight excluding hydrogens is 334 g/mol. The van der Waals surface area contributed by atoms with Gasteiger partial charge in [-0.3, -0.25) is 0 Å². The number of aliphatic hydroxyl groups excluding tert-OH is 1. The van der Waals surface area contributed by atoms with Crippen LogP contribution in [0.2, 0.25) is 0 Å². The second-order valence-corrected chi connectivity index (χ2v) is 8.22. The Morgan fingerprint density at radius 1 is 1.15 bits per heavy atom. The number of piperidine rings is 1. The fraction of sp³-hybridized carbons (Fsp3) is 0.478. The Morgan fingerprint density at radius 2 is 1.81 bits per heavy atom. The van der Waals surface area contributed by atoms with E-state index in [1.54, 1.807) is 6.20 Å². The van der Waals surface area contributed by atoms with E-state index in [0.717, 1.165) is 31.7 Å². The molecule has 4 rings (SSSR count). The lowest BCUT2D eigenvalue weighted by Crippen LogP contribution is -2.41. The molecule has 0 unspecified atom stereocenters. The topological polar surface area (TPSA) is 49.2 Å². The quantitative estimate of drug-likeness (QED) is 0.834. The number of hydrogen-bond donors (Lipinski definition) is 1. The molecule has 2 heterocycles. The number of hydrogen-bond acceptors (Lipinski definition) is 4. The molecule has 2 aliphatic rings. The molecule has 1 spiro atoms. The van der Waals surface area contributed by atoms with Gasteiger partial charge >= 0.3 is 0 Å². The second kappa shape index (κ2) is 7.32. The second-order valence-electron chi connectivity index (χ2n) is 8.22. The van der Waals surface area contributed by atoms with Crippen molar-refractivity contribution < 1.29 is 5.11 Å². The molecule has 1 aromatic heterocycles. The van der Waals surface area contributed by atoms with Gasteiger partial charge in [-0.25, -0.2) is 9.97 Å². The van der Waals surface area contributed by atoms with Gasteiger partial charge in [-0.2, -0.15) is 0 Å². The molecule has 0 saturated carbocycles. The van der Waals surface area contributed by atoms with Gasteiger partial charge in [0.1, 0.15) is 11.4 Å². The van der Waals surface area contributed by atoms with Gasteiger partial charge in [0.2, 0.25) is 0 Å². The predicted molar refractivity (Wildman–Crippen MR) is 107 cm³/mol. The van der Waals surface area contributed by atoms with E-state index in [-0.39, 0.29) is 12.5 Å². The zero-order valence-corrected chi connectivity index (χ0v) is 16.2. The Hall–Kier alpha value is -2.38. The molecule has 1 N–H and O–H groups in total. The normalized spacial score (nSPS) is 17.7. The summed E-state index contributed by atoms with van der Waals surface area (Å²) in [5, 5.41) is 9.80. The van der Waals surface area contributed by atoms with Crippen molar-refractivity contribution >= 4 is 5.82 Å². The highest BCUT2D eigenvalue weighted by atomic mass is 16.3. The van der Waals surface area contributed by atoms with Gasteiger partial charge in [-0.15, -0.1) is 0 Å². The van der Waals surface area contributed by atoms with E-state index in [0.29, 0.717) is 16.8 Å². The Bertz CT molecular complexity index is 859. The molecule has 140 valence electrons. The summed E-state index contributed by atoms with van der Waals surface area (Å²) >= 11 is 0. The maximum absolute atomic E-state index is 9.80. The average Bonchev–Trinajstić information content (AvgIpc) is 3.04. The first-order valence-electron chi connectivity index (χ1n) is 9.89. The minimum absolute atomic E-state index is 0.105. The molecule has 0 atom stereocenters. The van der Waals surface area contributed by atoms with E-state index in [4.69, 9.17) is 0 Å². The Balaban J connectivity index is 1.48. The van der Waals surface area contributed by atoms with Crippen molar-refractivity contribution in [2.45, 2.75) is 46.1 Å². The third-order valence-electron chi connectivity index (χ3n) is 5.83. The van der Waals surface area contributed by atoms with Crippen molar-refractivity contribution in [3.8, 4) is 11.8 Å². The van der Waals surface area contributed by atoms with Crippen LogP contribution < -0.4 is 4.90 Å². The van der Waals surface area contributed by atoms with Crippen LogP contribution in [-0.2, 0) is 19.4 Å². The van der Waals surface area contributed by atoms with Crippen LogP contribution in [0.4, 0.5) is 5.82 Å². The van der Waals surface area contributed by atoms with Crippen molar-refractivity contribution in [1.82, 2.24) is 9.97 Å². The van der Waals surface area contributed by atoms with Crippen LogP contribution >= 0.6 is 0 Å². The minimum Gasteiger partial charge on any atom is -0.390 e. The first-order valence-corrected chi connectivity index (χ1v) is 9.89. The highest BCUT2D eigenvalue weighted by molar-refractivity contribution is 5.46. The molecule has 4 nitrogen and oxygen atoms in total. The fourth-order valence-electron chi connectivity index (χ4n) is 4.39. The molecule has 0 bridgehead atoms. The van der Waals surface area contributed by atoms with Crippen molar-refractivity contribution in [2.75, 3.05) is 18.0 Å². The van der Waals surface area contributed by atoms with Crippen LogP contribution in [0.15, 0.2) is 30.5 Å². The Labute approximate surface area is 161 Å². The van der Waals surface area contributed by atoms with Crippen LogP contribution in [0.1, 0.15) is 49.2 Å². The molecule has 27 heavy (non-hydrogen) atoms. The monoisotopic (exact) mass is 361 g/mol. The molecular formula is C23H27N3O. The summed E-state index contributed by atoms with van der Waals surface area (Å²) in [5.74, 6) is 7.26. The lowest BCUT2D eigenvalue weighted by molar-refractivity contribution is 0.231. The van der Waals surface area contributed by atoms with Crippen molar-refractivity contribution in [3.63, 3.8) is 0 Å². The van der Waals surface area contributed by atoms with E-state index in [9.17, 15) is 5.11 Å². The smallest absolute Gasteiger partial charge is 0.152 e. The third-order valence-corrected chi connectivity index (χ3v) is 5.83. The van der Waals surface area contributed by atoms with Crippen LogP contribution in [-0.4, -0.2) is 28.2 Å². The zero-order chi connectivity index (χ0) is 18.9. The number of nitrogens with zero attached hydrogens (tertiary/aromatic N) is 3. The molecule has 1 aliphatic heterocycles. The summed E-state index contributed by atoms with van der Waals surface area (Å²) in [6.45, 7) is 5.92.